The highest BCUT2D eigenvalue weighted by Gasteiger charge is 2.26. The second-order valence-electron chi connectivity index (χ2n) is 8.96. The molecule has 178 valence electrons. The monoisotopic (exact) mass is 454 g/mol. The number of piperidine rings is 1. The van der Waals surface area contributed by atoms with Crippen LogP contribution in [0.2, 0.25) is 0 Å². The van der Waals surface area contributed by atoms with Gasteiger partial charge in [0, 0.05) is 31.2 Å². The van der Waals surface area contributed by atoms with Gasteiger partial charge in [-0.3, -0.25) is 4.90 Å². The lowest BCUT2D eigenvalue weighted by Gasteiger charge is -2.33. The Hall–Kier alpha value is -3.00. The minimum absolute atomic E-state index is 0.305. The maximum absolute atomic E-state index is 6.19. The number of likely N-dealkylation sites (tertiary alicyclic amines) is 1. The van der Waals surface area contributed by atoms with E-state index in [0.717, 1.165) is 49.5 Å². The molecule has 1 aromatic carbocycles. The van der Waals surface area contributed by atoms with Gasteiger partial charge in [-0.25, -0.2) is 0 Å². The normalized spacial score (nSPS) is 17.7. The highest BCUT2D eigenvalue weighted by Crippen LogP contribution is 2.40. The number of nitrogens with one attached hydrogen (secondary N) is 1. The Morgan fingerprint density at radius 1 is 1.09 bits per heavy atom. The summed E-state index contributed by atoms with van der Waals surface area (Å²) in [6, 6.07) is 6.31. The zero-order valence-electron chi connectivity index (χ0n) is 20.2. The van der Waals surface area contributed by atoms with E-state index in [1.165, 1.54) is 5.56 Å². The number of hydrogen-bond donors (Lipinski definition) is 1. The standard InChI is InChI=1S/C25H34N4O4/c1-6-32-20-14-17(13-18-7-10-25(2,3)33-23(18)20)16-29-11-8-19(9-12-29)26-24-27-21(30-4)15-22(28-24)31-5/h7,10,13-15,19H,6,8-9,11-12,16H2,1-5H3,(H,26,27,28). The van der Waals surface area contributed by atoms with Gasteiger partial charge in [-0.2, -0.15) is 9.97 Å². The van der Waals surface area contributed by atoms with Crippen molar-refractivity contribution in [2.75, 3.05) is 39.2 Å². The Kier molecular flexibility index (Phi) is 6.93. The summed E-state index contributed by atoms with van der Waals surface area (Å²) in [6.45, 7) is 9.57. The number of anilines is 1. The van der Waals surface area contributed by atoms with Crippen LogP contribution in [0.4, 0.5) is 5.95 Å². The third-order valence-electron chi connectivity index (χ3n) is 5.90. The molecule has 2 aliphatic heterocycles. The number of fused-ring (bicyclic) bond motifs is 1. The van der Waals surface area contributed by atoms with Gasteiger partial charge in [0.05, 0.1) is 26.9 Å². The van der Waals surface area contributed by atoms with E-state index in [2.05, 4.69) is 58.3 Å². The van der Waals surface area contributed by atoms with Crippen molar-refractivity contribution in [3.8, 4) is 23.3 Å². The minimum Gasteiger partial charge on any atom is -0.490 e. The molecule has 4 rings (SSSR count). The second kappa shape index (κ2) is 9.87. The van der Waals surface area contributed by atoms with E-state index in [9.17, 15) is 0 Å². The predicted molar refractivity (Wildman–Crippen MR) is 128 cm³/mol. The first kappa shape index (κ1) is 23.2. The second-order valence-corrected chi connectivity index (χ2v) is 8.96. The van der Waals surface area contributed by atoms with Crippen LogP contribution in [0.15, 0.2) is 24.3 Å². The van der Waals surface area contributed by atoms with Gasteiger partial charge in [-0.1, -0.05) is 6.08 Å². The summed E-state index contributed by atoms with van der Waals surface area (Å²) >= 11 is 0. The van der Waals surface area contributed by atoms with Crippen molar-refractivity contribution in [1.82, 2.24) is 14.9 Å². The number of methoxy groups -OCH3 is 2. The first-order valence-corrected chi connectivity index (χ1v) is 11.5. The van der Waals surface area contributed by atoms with E-state index in [0.29, 0.717) is 30.4 Å². The number of benzene rings is 1. The van der Waals surface area contributed by atoms with Gasteiger partial charge in [0.25, 0.3) is 0 Å². The van der Waals surface area contributed by atoms with E-state index >= 15 is 0 Å². The lowest BCUT2D eigenvalue weighted by atomic mass is 9.99. The maximum atomic E-state index is 6.19. The molecule has 1 fully saturated rings. The first-order valence-electron chi connectivity index (χ1n) is 11.5. The first-order chi connectivity index (χ1) is 15.9. The highest BCUT2D eigenvalue weighted by molar-refractivity contribution is 5.66. The molecule has 2 aromatic rings. The quantitative estimate of drug-likeness (QED) is 0.637. The lowest BCUT2D eigenvalue weighted by molar-refractivity contribution is 0.149. The molecule has 3 heterocycles. The molecule has 1 N–H and O–H groups in total. The predicted octanol–water partition coefficient (Wildman–Crippen LogP) is 4.15. The summed E-state index contributed by atoms with van der Waals surface area (Å²) in [4.78, 5) is 11.2. The summed E-state index contributed by atoms with van der Waals surface area (Å²) in [5.41, 5.74) is 1.99. The van der Waals surface area contributed by atoms with E-state index < -0.39 is 0 Å². The van der Waals surface area contributed by atoms with Crippen molar-refractivity contribution in [2.24, 2.45) is 0 Å². The van der Waals surface area contributed by atoms with Crippen LogP contribution >= 0.6 is 0 Å². The van der Waals surface area contributed by atoms with Crippen LogP contribution in [0.5, 0.6) is 23.3 Å². The van der Waals surface area contributed by atoms with Crippen LogP contribution < -0.4 is 24.3 Å². The topological polar surface area (TPSA) is 78.0 Å². The van der Waals surface area contributed by atoms with E-state index in [1.807, 2.05) is 6.92 Å². The molecular formula is C25H34N4O4. The zero-order valence-corrected chi connectivity index (χ0v) is 20.2. The molecular weight excluding hydrogens is 420 g/mol. The molecule has 1 saturated heterocycles. The lowest BCUT2D eigenvalue weighted by Crippen LogP contribution is -2.39. The van der Waals surface area contributed by atoms with Gasteiger partial charge in [-0.05, 0) is 57.4 Å². The van der Waals surface area contributed by atoms with E-state index in [1.54, 1.807) is 20.3 Å². The number of rotatable bonds is 8. The van der Waals surface area contributed by atoms with Gasteiger partial charge in [0.2, 0.25) is 17.7 Å². The van der Waals surface area contributed by atoms with Crippen LogP contribution in [0, 0.1) is 0 Å². The smallest absolute Gasteiger partial charge is 0.229 e. The molecule has 0 saturated carbocycles. The summed E-state index contributed by atoms with van der Waals surface area (Å²) in [5, 5.41) is 3.43. The fourth-order valence-electron chi connectivity index (χ4n) is 4.21. The van der Waals surface area contributed by atoms with Crippen molar-refractivity contribution in [2.45, 2.75) is 51.8 Å². The third kappa shape index (κ3) is 5.68. The Labute approximate surface area is 195 Å². The molecule has 2 aliphatic rings. The Morgan fingerprint density at radius 2 is 1.79 bits per heavy atom. The van der Waals surface area contributed by atoms with Crippen molar-refractivity contribution in [1.29, 1.82) is 0 Å². The molecule has 1 aromatic heterocycles. The van der Waals surface area contributed by atoms with Crippen LogP contribution in [0.1, 0.15) is 44.7 Å². The molecule has 0 unspecified atom stereocenters. The molecule has 0 radical (unpaired) electrons. The van der Waals surface area contributed by atoms with Gasteiger partial charge < -0.3 is 24.3 Å². The molecule has 0 aliphatic carbocycles. The molecule has 0 amide bonds. The van der Waals surface area contributed by atoms with Crippen molar-refractivity contribution >= 4 is 12.0 Å². The fourth-order valence-corrected chi connectivity index (χ4v) is 4.21. The largest absolute Gasteiger partial charge is 0.490 e. The van der Waals surface area contributed by atoms with Gasteiger partial charge in [0.15, 0.2) is 11.5 Å². The van der Waals surface area contributed by atoms with Crippen LogP contribution in [-0.2, 0) is 6.54 Å². The number of hydrogen-bond acceptors (Lipinski definition) is 8. The third-order valence-corrected chi connectivity index (χ3v) is 5.90. The molecule has 0 atom stereocenters. The highest BCUT2D eigenvalue weighted by atomic mass is 16.5. The van der Waals surface area contributed by atoms with Crippen LogP contribution in [0.25, 0.3) is 6.08 Å². The Balaban J connectivity index is 1.39. The Morgan fingerprint density at radius 3 is 2.42 bits per heavy atom. The van der Waals surface area contributed by atoms with Crippen molar-refractivity contribution in [3.63, 3.8) is 0 Å². The van der Waals surface area contributed by atoms with Gasteiger partial charge in [0.1, 0.15) is 5.60 Å². The maximum Gasteiger partial charge on any atom is 0.229 e. The molecule has 8 nitrogen and oxygen atoms in total. The summed E-state index contributed by atoms with van der Waals surface area (Å²) in [5.74, 6) is 3.17. The van der Waals surface area contributed by atoms with Gasteiger partial charge >= 0.3 is 0 Å². The van der Waals surface area contributed by atoms with E-state index in [-0.39, 0.29) is 5.60 Å². The van der Waals surface area contributed by atoms with Crippen molar-refractivity contribution < 1.29 is 18.9 Å². The molecule has 0 spiro atoms. The SMILES string of the molecule is CCOc1cc(CN2CCC(Nc3nc(OC)cc(OC)n3)CC2)cc2c1OC(C)(C)C=C2. The van der Waals surface area contributed by atoms with Gasteiger partial charge in [-0.15, -0.1) is 0 Å². The van der Waals surface area contributed by atoms with E-state index in [4.69, 9.17) is 18.9 Å². The molecule has 8 heteroatoms. The number of nitrogens with zero attached hydrogens (tertiary/aromatic N) is 3. The molecule has 0 bridgehead atoms. The summed E-state index contributed by atoms with van der Waals surface area (Å²) in [7, 11) is 3.18. The van der Waals surface area contributed by atoms with Crippen LogP contribution in [-0.4, -0.2) is 60.4 Å². The average molecular weight is 455 g/mol. The summed E-state index contributed by atoms with van der Waals surface area (Å²) in [6.07, 6.45) is 6.25. The number of aromatic nitrogens is 2. The fraction of sp³-hybridized carbons (Fsp3) is 0.520. The summed E-state index contributed by atoms with van der Waals surface area (Å²) < 4.78 is 22.6. The molecule has 33 heavy (non-hydrogen) atoms. The zero-order chi connectivity index (χ0) is 23.4. The Bertz CT molecular complexity index is 978. The number of ether oxygens (including phenoxy) is 4. The average Bonchev–Trinajstić information content (AvgIpc) is 2.80. The van der Waals surface area contributed by atoms with Crippen LogP contribution in [0.3, 0.4) is 0 Å². The minimum atomic E-state index is -0.328. The van der Waals surface area contributed by atoms with Crippen molar-refractivity contribution in [3.05, 3.63) is 35.4 Å².